The van der Waals surface area contributed by atoms with E-state index >= 15 is 0 Å². The highest BCUT2D eigenvalue weighted by atomic mass is 35.5. The molecule has 0 fully saturated rings. The van der Waals surface area contributed by atoms with Crippen molar-refractivity contribution in [1.82, 2.24) is 15.2 Å². The van der Waals surface area contributed by atoms with E-state index in [-0.39, 0.29) is 23.3 Å². The van der Waals surface area contributed by atoms with Crippen LogP contribution in [0.4, 0.5) is 14.6 Å². The van der Waals surface area contributed by atoms with Gasteiger partial charge in [-0.25, -0.2) is 13.8 Å². The number of hydrogen-bond acceptors (Lipinski definition) is 4. The number of aromatic nitrogens is 1. The molecule has 218 valence electrons. The largest absolute Gasteiger partial charge is 0.355 e. The molecule has 0 radical (unpaired) electrons. The second-order valence-corrected chi connectivity index (χ2v) is 10.1. The molecule has 40 heavy (non-hydrogen) atoms. The number of rotatable bonds is 11. The molecule has 0 saturated carbocycles. The average molecular weight is 575 g/mol. The smallest absolute Gasteiger partial charge is 0.225 e. The molecular weight excluding hydrogens is 534 g/mol. The van der Waals surface area contributed by atoms with Crippen molar-refractivity contribution in [1.29, 1.82) is 0 Å². The van der Waals surface area contributed by atoms with Gasteiger partial charge in [0.25, 0.3) is 0 Å². The van der Waals surface area contributed by atoms with E-state index in [9.17, 15) is 18.4 Å². The quantitative estimate of drug-likeness (QED) is 0.183. The summed E-state index contributed by atoms with van der Waals surface area (Å²) in [5.74, 6) is -0.402. The summed E-state index contributed by atoms with van der Waals surface area (Å²) in [6.07, 6.45) is 6.57. The van der Waals surface area contributed by atoms with Crippen LogP contribution in [0, 0.1) is 11.6 Å². The van der Waals surface area contributed by atoms with Crippen molar-refractivity contribution in [3.8, 4) is 0 Å². The zero-order valence-corrected chi connectivity index (χ0v) is 24.8. The molecule has 6 nitrogen and oxygen atoms in total. The number of carbonyl (C=O) groups is 2. The third-order valence-electron chi connectivity index (χ3n) is 5.70. The molecule has 3 aromatic rings. The Morgan fingerprint density at radius 1 is 1.10 bits per heavy atom. The van der Waals surface area contributed by atoms with Crippen molar-refractivity contribution in [3.63, 3.8) is 0 Å². The number of fused-ring (bicyclic) bond motifs is 1. The second kappa shape index (κ2) is 18.8. The van der Waals surface area contributed by atoms with Crippen LogP contribution in [0.15, 0.2) is 60.8 Å². The molecule has 3 rings (SSSR count). The summed E-state index contributed by atoms with van der Waals surface area (Å²) in [5.41, 5.74) is 1.73. The number of anilines is 1. The van der Waals surface area contributed by atoms with Gasteiger partial charge in [0.15, 0.2) is 0 Å². The molecular formula is C31H41ClF2N4O2. The lowest BCUT2D eigenvalue weighted by Gasteiger charge is -2.24. The first kappa shape index (κ1) is 34.7. The number of allylic oxidation sites excluding steroid dienone is 1. The number of amides is 2. The summed E-state index contributed by atoms with van der Waals surface area (Å²) in [6.45, 7) is 10.5. The topological polar surface area (TPSA) is 74.3 Å². The number of halogens is 3. The third-order valence-corrected chi connectivity index (χ3v) is 6.12. The lowest BCUT2D eigenvalue weighted by molar-refractivity contribution is -0.116. The molecule has 0 spiro atoms. The Morgan fingerprint density at radius 2 is 1.77 bits per heavy atom. The maximum atomic E-state index is 13.3. The number of benzene rings is 2. The van der Waals surface area contributed by atoms with E-state index in [1.165, 1.54) is 24.6 Å². The molecule has 2 N–H and O–H groups in total. The first-order chi connectivity index (χ1) is 19.0. The minimum Gasteiger partial charge on any atom is -0.355 e. The van der Waals surface area contributed by atoms with Gasteiger partial charge in [-0.05, 0) is 81.6 Å². The van der Waals surface area contributed by atoms with Gasteiger partial charge in [0.05, 0.1) is 5.02 Å². The Balaban J connectivity index is 0.000000443. The van der Waals surface area contributed by atoms with E-state index in [1.54, 1.807) is 30.5 Å². The van der Waals surface area contributed by atoms with Crippen LogP contribution in [-0.2, 0) is 16.1 Å². The Labute approximate surface area is 241 Å². The van der Waals surface area contributed by atoms with Gasteiger partial charge in [-0.15, -0.1) is 6.58 Å². The highest BCUT2D eigenvalue weighted by Gasteiger charge is 2.14. The molecule has 1 heterocycles. The maximum Gasteiger partial charge on any atom is 0.225 e. The molecule has 0 aliphatic carbocycles. The molecule has 0 aliphatic heterocycles. The predicted octanol–water partition coefficient (Wildman–Crippen LogP) is 7.52. The predicted molar refractivity (Wildman–Crippen MR) is 161 cm³/mol. The first-order valence-electron chi connectivity index (χ1n) is 13.3. The monoisotopic (exact) mass is 574 g/mol. The molecule has 2 amide bonds. The van der Waals surface area contributed by atoms with Gasteiger partial charge >= 0.3 is 0 Å². The third kappa shape index (κ3) is 13.1. The van der Waals surface area contributed by atoms with Crippen molar-refractivity contribution >= 4 is 40.5 Å². The normalized spacial score (nSPS) is 11.0. The number of carbonyl (C=O) groups excluding carboxylic acids is 2. The average Bonchev–Trinajstić information content (AvgIpc) is 2.89. The molecule has 0 saturated heterocycles. The summed E-state index contributed by atoms with van der Waals surface area (Å²) in [7, 11) is 4.06. The summed E-state index contributed by atoms with van der Waals surface area (Å²) in [5, 5.41) is 6.83. The second-order valence-electron chi connectivity index (χ2n) is 9.68. The van der Waals surface area contributed by atoms with Gasteiger partial charge in [0, 0.05) is 30.6 Å². The molecule has 0 bridgehead atoms. The lowest BCUT2D eigenvalue weighted by Crippen LogP contribution is -2.29. The Bertz CT molecular complexity index is 1240. The van der Waals surface area contributed by atoms with E-state index < -0.39 is 5.82 Å². The number of nitrogens with one attached hydrogen (secondary N) is 2. The summed E-state index contributed by atoms with van der Waals surface area (Å²) < 4.78 is 26.1. The van der Waals surface area contributed by atoms with Crippen molar-refractivity contribution < 1.29 is 18.4 Å². The summed E-state index contributed by atoms with van der Waals surface area (Å²) in [4.78, 5) is 28.5. The minimum atomic E-state index is -0.470. The highest BCUT2D eigenvalue weighted by Crippen LogP contribution is 2.20. The number of hydrogen-bond donors (Lipinski definition) is 2. The molecule has 9 heteroatoms. The van der Waals surface area contributed by atoms with Crippen molar-refractivity contribution in [2.24, 2.45) is 0 Å². The van der Waals surface area contributed by atoms with Crippen molar-refractivity contribution in [2.75, 3.05) is 19.4 Å². The summed E-state index contributed by atoms with van der Waals surface area (Å²) >= 11 is 5.60. The van der Waals surface area contributed by atoms with Crippen LogP contribution in [0.25, 0.3) is 10.8 Å². The van der Waals surface area contributed by atoms with Crippen LogP contribution < -0.4 is 10.6 Å². The lowest BCUT2D eigenvalue weighted by atomic mass is 10.0. The Morgan fingerprint density at radius 3 is 2.40 bits per heavy atom. The van der Waals surface area contributed by atoms with Crippen LogP contribution in [0.3, 0.4) is 0 Å². The molecule has 1 unspecified atom stereocenters. The van der Waals surface area contributed by atoms with E-state index in [2.05, 4.69) is 40.9 Å². The van der Waals surface area contributed by atoms with Gasteiger partial charge in [-0.1, -0.05) is 49.6 Å². The van der Waals surface area contributed by atoms with Crippen LogP contribution in [0.5, 0.6) is 0 Å². The zero-order valence-electron chi connectivity index (χ0n) is 24.1. The van der Waals surface area contributed by atoms with Gasteiger partial charge in [-0.2, -0.15) is 0 Å². The zero-order chi connectivity index (χ0) is 30.1. The highest BCUT2D eigenvalue weighted by molar-refractivity contribution is 6.31. The fraction of sp³-hybridized carbons (Fsp3) is 0.387. The molecule has 1 atom stereocenters. The van der Waals surface area contributed by atoms with Crippen LogP contribution >= 0.6 is 11.6 Å². The number of pyridine rings is 1. The standard InChI is InChI=1S/C20H26FN3O.C8H7ClFNO.C3H8/c1-14(2)5-8-18(24(3)4)9-10-20(25)23-19-12-16-11-17(21)7-6-15(16)13-22-19;9-8-6(4-11-5-12)2-1-3-7(8)10;1-3-2/h6-7,11-13,18H,1,5,8-10H2,2-4H3,(H,22,23,25);1-3,5H,4H2,(H,11,12);3H2,1-2H3. The van der Waals surface area contributed by atoms with Gasteiger partial charge in [0.2, 0.25) is 12.3 Å². The Kier molecular flexibility index (Phi) is 16.3. The van der Waals surface area contributed by atoms with E-state index in [1.807, 2.05) is 21.0 Å². The van der Waals surface area contributed by atoms with Gasteiger partial charge in [0.1, 0.15) is 17.5 Å². The molecule has 0 aliphatic rings. The van der Waals surface area contributed by atoms with Gasteiger partial charge in [-0.3, -0.25) is 9.59 Å². The van der Waals surface area contributed by atoms with Crippen molar-refractivity contribution in [3.05, 3.63) is 83.0 Å². The fourth-order valence-corrected chi connectivity index (χ4v) is 3.79. The van der Waals surface area contributed by atoms with Crippen LogP contribution in [-0.4, -0.2) is 42.3 Å². The van der Waals surface area contributed by atoms with Gasteiger partial charge < -0.3 is 15.5 Å². The molecule has 2 aromatic carbocycles. The van der Waals surface area contributed by atoms with E-state index in [4.69, 9.17) is 11.6 Å². The Hall–Kier alpha value is -3.36. The van der Waals surface area contributed by atoms with E-state index in [0.29, 0.717) is 30.3 Å². The fourth-order valence-electron chi connectivity index (χ4n) is 3.59. The van der Waals surface area contributed by atoms with Crippen LogP contribution in [0.1, 0.15) is 58.4 Å². The summed E-state index contributed by atoms with van der Waals surface area (Å²) in [6, 6.07) is 11.0. The number of nitrogens with zero attached hydrogens (tertiary/aromatic N) is 2. The van der Waals surface area contributed by atoms with Crippen molar-refractivity contribution in [2.45, 2.75) is 65.5 Å². The van der Waals surface area contributed by atoms with Crippen LogP contribution in [0.2, 0.25) is 5.02 Å². The maximum absolute atomic E-state index is 13.3. The minimum absolute atomic E-state index is 0.0619. The molecule has 1 aromatic heterocycles. The SMILES string of the molecule is C=C(C)CCC(CCC(=O)Nc1cc2cc(F)ccc2cn1)N(C)C.CCC.O=CNCc1cccc(F)c1Cl. The first-order valence-corrected chi connectivity index (χ1v) is 13.7. The van der Waals surface area contributed by atoms with E-state index in [0.717, 1.165) is 35.6 Å².